The Morgan fingerprint density at radius 2 is 2.06 bits per heavy atom. The lowest BCUT2D eigenvalue weighted by molar-refractivity contribution is 0.355. The van der Waals surface area contributed by atoms with Crippen molar-refractivity contribution in [1.29, 1.82) is 0 Å². The van der Waals surface area contributed by atoms with Crippen molar-refractivity contribution in [2.24, 2.45) is 0 Å². The molecule has 0 fully saturated rings. The van der Waals surface area contributed by atoms with Gasteiger partial charge >= 0.3 is 0 Å². The van der Waals surface area contributed by atoms with Gasteiger partial charge in [-0.1, -0.05) is 42.5 Å². The summed E-state index contributed by atoms with van der Waals surface area (Å²) in [6.45, 7) is 6.22. The second-order valence-electron chi connectivity index (χ2n) is 3.21. The Labute approximate surface area is 102 Å². The van der Waals surface area contributed by atoms with Crippen LogP contribution < -0.4 is 4.74 Å². The van der Waals surface area contributed by atoms with Gasteiger partial charge in [0.05, 0.1) is 0 Å². The molecule has 0 aliphatic heterocycles. The normalized spacial score (nSPS) is 11.8. The zero-order chi connectivity index (χ0) is 11.8. The molecular formula is C14H15ClO. The van der Waals surface area contributed by atoms with Crippen LogP contribution >= 0.6 is 11.6 Å². The first-order chi connectivity index (χ1) is 7.76. The molecular weight excluding hydrogens is 220 g/mol. The molecule has 0 saturated heterocycles. The number of ether oxygens (including phenoxy) is 1. The molecule has 0 heterocycles. The highest BCUT2D eigenvalue weighted by atomic mass is 35.5. The monoisotopic (exact) mass is 234 g/mol. The van der Waals surface area contributed by atoms with Gasteiger partial charge in [0.25, 0.3) is 0 Å². The molecule has 0 saturated carbocycles. The molecule has 0 unspecified atom stereocenters. The van der Waals surface area contributed by atoms with Gasteiger partial charge in [0.2, 0.25) is 0 Å². The van der Waals surface area contributed by atoms with Crippen LogP contribution in [0.2, 0.25) is 5.02 Å². The van der Waals surface area contributed by atoms with Crippen LogP contribution in [0.15, 0.2) is 60.7 Å². The van der Waals surface area contributed by atoms with E-state index in [0.717, 1.165) is 11.3 Å². The molecule has 0 bridgehead atoms. The van der Waals surface area contributed by atoms with Crippen LogP contribution in [0, 0.1) is 0 Å². The Kier molecular flexibility index (Phi) is 5.44. The number of allylic oxidation sites excluding steroid dienone is 3. The van der Waals surface area contributed by atoms with Gasteiger partial charge in [0.15, 0.2) is 0 Å². The topological polar surface area (TPSA) is 9.23 Å². The second-order valence-corrected chi connectivity index (χ2v) is 3.65. The molecule has 0 amide bonds. The van der Waals surface area contributed by atoms with E-state index in [1.807, 2.05) is 37.3 Å². The Morgan fingerprint density at radius 3 is 2.62 bits per heavy atom. The molecule has 0 aliphatic rings. The molecule has 1 rings (SSSR count). The van der Waals surface area contributed by atoms with E-state index >= 15 is 0 Å². The van der Waals surface area contributed by atoms with Gasteiger partial charge in [-0.15, -0.1) is 0 Å². The Hall–Kier alpha value is -1.47. The van der Waals surface area contributed by atoms with Crippen molar-refractivity contribution in [2.45, 2.75) is 6.92 Å². The summed E-state index contributed by atoms with van der Waals surface area (Å²) < 4.78 is 5.58. The highest BCUT2D eigenvalue weighted by Crippen LogP contribution is 2.16. The SMILES string of the molecule is C=C/C(=C\C=C/C)COc1ccc(Cl)cc1. The van der Waals surface area contributed by atoms with E-state index in [0.29, 0.717) is 11.6 Å². The minimum Gasteiger partial charge on any atom is -0.489 e. The molecule has 0 radical (unpaired) electrons. The van der Waals surface area contributed by atoms with Gasteiger partial charge < -0.3 is 4.74 Å². The summed E-state index contributed by atoms with van der Waals surface area (Å²) in [5, 5.41) is 0.709. The minimum absolute atomic E-state index is 0.509. The third kappa shape index (κ3) is 4.37. The Balaban J connectivity index is 2.56. The lowest BCUT2D eigenvalue weighted by Gasteiger charge is -2.06. The third-order valence-electron chi connectivity index (χ3n) is 1.98. The number of hydrogen-bond acceptors (Lipinski definition) is 1. The first-order valence-corrected chi connectivity index (χ1v) is 5.46. The molecule has 1 nitrogen and oxygen atoms in total. The van der Waals surface area contributed by atoms with Crippen LogP contribution in [0.4, 0.5) is 0 Å². The van der Waals surface area contributed by atoms with Crippen LogP contribution in [-0.4, -0.2) is 6.61 Å². The van der Waals surface area contributed by atoms with Crippen LogP contribution in [0.1, 0.15) is 6.92 Å². The summed E-state index contributed by atoms with van der Waals surface area (Å²) in [5.41, 5.74) is 1.04. The zero-order valence-corrected chi connectivity index (χ0v) is 10.1. The van der Waals surface area contributed by atoms with Gasteiger partial charge in [-0.25, -0.2) is 0 Å². The number of hydrogen-bond donors (Lipinski definition) is 0. The van der Waals surface area contributed by atoms with Crippen molar-refractivity contribution in [1.82, 2.24) is 0 Å². The van der Waals surface area contributed by atoms with Gasteiger partial charge in [-0.05, 0) is 36.8 Å². The van der Waals surface area contributed by atoms with E-state index in [4.69, 9.17) is 16.3 Å². The molecule has 2 heteroatoms. The van der Waals surface area contributed by atoms with E-state index in [2.05, 4.69) is 6.58 Å². The molecule has 1 aromatic rings. The molecule has 0 aliphatic carbocycles. The maximum Gasteiger partial charge on any atom is 0.119 e. The second kappa shape index (κ2) is 6.91. The fourth-order valence-corrected chi connectivity index (χ4v) is 1.22. The Bertz CT molecular complexity index is 388. The summed E-state index contributed by atoms with van der Waals surface area (Å²) in [4.78, 5) is 0. The standard InChI is InChI=1S/C14H15ClO/c1-3-5-6-12(4-2)11-16-14-9-7-13(15)8-10-14/h3-10H,2,11H2,1H3/b5-3-,12-6+. The van der Waals surface area contributed by atoms with Gasteiger partial charge in [-0.2, -0.15) is 0 Å². The number of halogens is 1. The van der Waals surface area contributed by atoms with E-state index in [-0.39, 0.29) is 0 Å². The van der Waals surface area contributed by atoms with Crippen LogP contribution in [0.3, 0.4) is 0 Å². The Morgan fingerprint density at radius 1 is 1.38 bits per heavy atom. The van der Waals surface area contributed by atoms with Crippen molar-refractivity contribution in [3.05, 3.63) is 65.7 Å². The average Bonchev–Trinajstić information content (AvgIpc) is 2.32. The van der Waals surface area contributed by atoms with Crippen LogP contribution in [-0.2, 0) is 0 Å². The van der Waals surface area contributed by atoms with Crippen molar-refractivity contribution >= 4 is 11.6 Å². The molecule has 1 aromatic carbocycles. The highest BCUT2D eigenvalue weighted by molar-refractivity contribution is 6.30. The molecule has 0 spiro atoms. The van der Waals surface area contributed by atoms with Crippen molar-refractivity contribution in [2.75, 3.05) is 6.61 Å². The average molecular weight is 235 g/mol. The highest BCUT2D eigenvalue weighted by Gasteiger charge is 1.95. The lowest BCUT2D eigenvalue weighted by atomic mass is 10.2. The summed E-state index contributed by atoms with van der Waals surface area (Å²) >= 11 is 5.78. The van der Waals surface area contributed by atoms with Gasteiger partial charge in [-0.3, -0.25) is 0 Å². The van der Waals surface area contributed by atoms with E-state index in [1.165, 1.54) is 0 Å². The first-order valence-electron chi connectivity index (χ1n) is 5.09. The maximum atomic E-state index is 5.78. The van der Waals surface area contributed by atoms with Crippen LogP contribution in [0.5, 0.6) is 5.75 Å². The van der Waals surface area contributed by atoms with Crippen LogP contribution in [0.25, 0.3) is 0 Å². The predicted octanol–water partition coefficient (Wildman–Crippen LogP) is 4.41. The smallest absolute Gasteiger partial charge is 0.119 e. The number of benzene rings is 1. The van der Waals surface area contributed by atoms with Gasteiger partial charge in [0, 0.05) is 5.02 Å². The fraction of sp³-hybridized carbons (Fsp3) is 0.143. The van der Waals surface area contributed by atoms with E-state index in [1.54, 1.807) is 18.2 Å². The first kappa shape index (κ1) is 12.6. The fourth-order valence-electron chi connectivity index (χ4n) is 1.09. The summed E-state index contributed by atoms with van der Waals surface area (Å²) in [5.74, 6) is 0.803. The largest absolute Gasteiger partial charge is 0.489 e. The van der Waals surface area contributed by atoms with E-state index in [9.17, 15) is 0 Å². The quantitative estimate of drug-likeness (QED) is 0.686. The number of rotatable bonds is 5. The lowest BCUT2D eigenvalue weighted by Crippen LogP contribution is -1.98. The molecule has 84 valence electrons. The summed E-state index contributed by atoms with van der Waals surface area (Å²) in [7, 11) is 0. The summed E-state index contributed by atoms with van der Waals surface area (Å²) in [6, 6.07) is 7.30. The van der Waals surface area contributed by atoms with Crippen molar-refractivity contribution < 1.29 is 4.74 Å². The third-order valence-corrected chi connectivity index (χ3v) is 2.24. The van der Waals surface area contributed by atoms with Crippen molar-refractivity contribution in [3.63, 3.8) is 0 Å². The van der Waals surface area contributed by atoms with Crippen molar-refractivity contribution in [3.8, 4) is 5.75 Å². The molecule has 16 heavy (non-hydrogen) atoms. The predicted molar refractivity (Wildman–Crippen MR) is 70.0 cm³/mol. The molecule has 0 atom stereocenters. The summed E-state index contributed by atoms with van der Waals surface area (Å²) in [6.07, 6.45) is 7.69. The minimum atomic E-state index is 0.509. The van der Waals surface area contributed by atoms with E-state index < -0.39 is 0 Å². The van der Waals surface area contributed by atoms with Gasteiger partial charge in [0.1, 0.15) is 12.4 Å². The molecule has 0 aromatic heterocycles. The zero-order valence-electron chi connectivity index (χ0n) is 9.32. The molecule has 0 N–H and O–H groups in total. The maximum absolute atomic E-state index is 5.78.